The van der Waals surface area contributed by atoms with Gasteiger partial charge in [0.2, 0.25) is 19.2 Å². The molecule has 1 aliphatic heterocycles. The monoisotopic (exact) mass is 439 g/mol. The van der Waals surface area contributed by atoms with Crippen LogP contribution < -0.4 is 9.47 Å². The highest BCUT2D eigenvalue weighted by Crippen LogP contribution is 2.32. The third-order valence-electron chi connectivity index (χ3n) is 3.39. The Morgan fingerprint density at radius 1 is 1.19 bits per heavy atom. The van der Waals surface area contributed by atoms with Crippen molar-refractivity contribution < 1.29 is 28.6 Å². The maximum absolute atomic E-state index is 11.8. The van der Waals surface area contributed by atoms with E-state index in [0.717, 1.165) is 9.35 Å². The van der Waals surface area contributed by atoms with Crippen LogP contribution in [-0.4, -0.2) is 37.5 Å². The topological polar surface area (TPSA) is 83.4 Å². The maximum atomic E-state index is 11.8. The van der Waals surface area contributed by atoms with Gasteiger partial charge in [-0.1, -0.05) is 5.16 Å². The number of thiophene rings is 1. The largest absolute Gasteiger partial charge is 0.455 e. The molecule has 1 aromatic heterocycles. The molecule has 1 aromatic carbocycles. The lowest BCUT2D eigenvalue weighted by molar-refractivity contribution is -0.147. The van der Waals surface area contributed by atoms with Crippen molar-refractivity contribution in [1.29, 1.82) is 0 Å². The lowest BCUT2D eigenvalue weighted by Crippen LogP contribution is -2.17. The summed E-state index contributed by atoms with van der Waals surface area (Å²) in [7, 11) is 0. The highest BCUT2D eigenvalue weighted by atomic mass is 79.9. The van der Waals surface area contributed by atoms with Crippen LogP contribution in [0.2, 0.25) is 0 Å². The molecule has 0 saturated heterocycles. The summed E-state index contributed by atoms with van der Waals surface area (Å²) in [5.41, 5.74) is 1.34. The van der Waals surface area contributed by atoms with E-state index in [1.165, 1.54) is 11.3 Å². The molecule has 0 fully saturated rings. The second-order valence-electron chi connectivity index (χ2n) is 5.21. The molecule has 0 radical (unpaired) electrons. The van der Waals surface area contributed by atoms with Gasteiger partial charge < -0.3 is 19.0 Å². The highest BCUT2D eigenvalue weighted by molar-refractivity contribution is 9.11. The van der Waals surface area contributed by atoms with Crippen molar-refractivity contribution in [3.05, 3.63) is 44.6 Å². The number of carbonyl (C=O) groups is 2. The molecule has 0 atom stereocenters. The minimum atomic E-state index is -0.670. The van der Waals surface area contributed by atoms with Crippen LogP contribution in [0, 0.1) is 0 Å². The highest BCUT2D eigenvalue weighted by Gasteiger charge is 2.15. The molecular weight excluding hydrogens is 426 g/mol. The molecular formula is C17H14BrNO6S. The standard InChI is InChI=1S/C17H14BrNO6S/c1-10(11-2-3-13-14(6-11)24-9-23-13)19-25-8-17(21)22-7-12(20)15-4-5-16(18)26-15/h2-6H,7-9H2,1H3/b19-10-. The molecule has 0 amide bonds. The summed E-state index contributed by atoms with van der Waals surface area (Å²) in [6.45, 7) is 1.21. The van der Waals surface area contributed by atoms with Gasteiger partial charge in [-0.3, -0.25) is 4.79 Å². The predicted molar refractivity (Wildman–Crippen MR) is 98.0 cm³/mol. The number of hydrogen-bond donors (Lipinski definition) is 0. The van der Waals surface area contributed by atoms with Crippen LogP contribution in [0.15, 0.2) is 39.3 Å². The lowest BCUT2D eigenvalue weighted by Gasteiger charge is -2.04. The van der Waals surface area contributed by atoms with Crippen LogP contribution in [-0.2, 0) is 14.4 Å². The smallest absolute Gasteiger partial charge is 0.347 e. The Bertz CT molecular complexity index is 863. The molecule has 1 aliphatic rings. The van der Waals surface area contributed by atoms with Crippen molar-refractivity contribution in [2.75, 3.05) is 20.0 Å². The summed E-state index contributed by atoms with van der Waals surface area (Å²) in [5, 5.41) is 3.88. The van der Waals surface area contributed by atoms with Crippen molar-refractivity contribution in [2.24, 2.45) is 5.16 Å². The molecule has 0 saturated carbocycles. The van der Waals surface area contributed by atoms with Crippen molar-refractivity contribution in [2.45, 2.75) is 6.92 Å². The number of ketones is 1. The normalized spacial score (nSPS) is 12.8. The SMILES string of the molecule is C/C(=N/OCC(=O)OCC(=O)c1ccc(Br)s1)c1ccc2c(c1)OCO2. The maximum Gasteiger partial charge on any atom is 0.347 e. The van der Waals surface area contributed by atoms with Crippen LogP contribution in [0.3, 0.4) is 0 Å². The number of benzene rings is 1. The number of halogens is 1. The molecule has 0 N–H and O–H groups in total. The summed E-state index contributed by atoms with van der Waals surface area (Å²) < 4.78 is 16.3. The average molecular weight is 440 g/mol. The summed E-state index contributed by atoms with van der Waals surface area (Å²) in [4.78, 5) is 29.0. The molecule has 2 heterocycles. The summed E-state index contributed by atoms with van der Waals surface area (Å²) in [5.74, 6) is 0.369. The number of rotatable bonds is 7. The molecule has 0 unspecified atom stereocenters. The second-order valence-corrected chi connectivity index (χ2v) is 7.67. The first-order valence-corrected chi connectivity index (χ1v) is 9.14. The molecule has 7 nitrogen and oxygen atoms in total. The number of oxime groups is 1. The van der Waals surface area contributed by atoms with Crippen LogP contribution in [0.5, 0.6) is 11.5 Å². The Morgan fingerprint density at radius 3 is 2.77 bits per heavy atom. The van der Waals surface area contributed by atoms with Gasteiger partial charge in [-0.15, -0.1) is 11.3 Å². The third kappa shape index (κ3) is 4.61. The van der Waals surface area contributed by atoms with Crippen molar-refractivity contribution in [3.8, 4) is 11.5 Å². The molecule has 136 valence electrons. The fourth-order valence-corrected chi connectivity index (χ4v) is 3.39. The van der Waals surface area contributed by atoms with Gasteiger partial charge in [0.25, 0.3) is 0 Å². The van der Waals surface area contributed by atoms with E-state index in [-0.39, 0.29) is 25.8 Å². The zero-order valence-corrected chi connectivity index (χ0v) is 16.1. The van der Waals surface area contributed by atoms with E-state index in [2.05, 4.69) is 21.1 Å². The first-order valence-electron chi connectivity index (χ1n) is 7.53. The Kier molecular flexibility index (Phi) is 5.89. The number of Topliss-reactive ketones (excluding diaryl/α,β-unsaturated/α-hetero) is 1. The van der Waals surface area contributed by atoms with E-state index in [4.69, 9.17) is 19.0 Å². The minimum absolute atomic E-state index is 0.193. The van der Waals surface area contributed by atoms with E-state index >= 15 is 0 Å². The van der Waals surface area contributed by atoms with Gasteiger partial charge in [-0.25, -0.2) is 4.79 Å². The van der Waals surface area contributed by atoms with Gasteiger partial charge in [0.05, 0.1) is 14.4 Å². The van der Waals surface area contributed by atoms with E-state index in [1.54, 1.807) is 31.2 Å². The van der Waals surface area contributed by atoms with Crippen LogP contribution >= 0.6 is 27.3 Å². The number of hydrogen-bond acceptors (Lipinski definition) is 8. The zero-order chi connectivity index (χ0) is 18.5. The molecule has 3 rings (SSSR count). The first kappa shape index (κ1) is 18.4. The molecule has 0 spiro atoms. The Hall–Kier alpha value is -2.39. The van der Waals surface area contributed by atoms with Crippen molar-refractivity contribution in [3.63, 3.8) is 0 Å². The average Bonchev–Trinajstić information content (AvgIpc) is 3.27. The van der Waals surface area contributed by atoms with Crippen molar-refractivity contribution >= 4 is 44.7 Å². The van der Waals surface area contributed by atoms with Gasteiger partial charge >= 0.3 is 5.97 Å². The van der Waals surface area contributed by atoms with Crippen molar-refractivity contribution in [1.82, 2.24) is 0 Å². The Labute approximate surface area is 161 Å². The number of nitrogens with zero attached hydrogens (tertiary/aromatic N) is 1. The minimum Gasteiger partial charge on any atom is -0.455 e. The van der Waals surface area contributed by atoms with Gasteiger partial charge in [-0.2, -0.15) is 0 Å². The van der Waals surface area contributed by atoms with Crippen LogP contribution in [0.1, 0.15) is 22.2 Å². The molecule has 0 bridgehead atoms. The number of esters is 1. The molecule has 2 aromatic rings. The van der Waals surface area contributed by atoms with E-state index in [9.17, 15) is 9.59 Å². The van der Waals surface area contributed by atoms with Crippen LogP contribution in [0.4, 0.5) is 0 Å². The fraction of sp³-hybridized carbons (Fsp3) is 0.235. The van der Waals surface area contributed by atoms with Gasteiger partial charge in [0.15, 0.2) is 18.1 Å². The summed E-state index contributed by atoms with van der Waals surface area (Å²) in [6.07, 6.45) is 0. The molecule has 9 heteroatoms. The van der Waals surface area contributed by atoms with E-state index in [1.807, 2.05) is 6.07 Å². The quantitative estimate of drug-likeness (QED) is 0.284. The second kappa shape index (κ2) is 8.33. The number of fused-ring (bicyclic) bond motifs is 1. The summed E-state index contributed by atoms with van der Waals surface area (Å²) in [6, 6.07) is 8.79. The number of carbonyl (C=O) groups excluding carboxylic acids is 2. The van der Waals surface area contributed by atoms with Gasteiger partial charge in [0, 0.05) is 5.56 Å². The van der Waals surface area contributed by atoms with E-state index < -0.39 is 5.97 Å². The van der Waals surface area contributed by atoms with E-state index in [0.29, 0.717) is 22.1 Å². The summed E-state index contributed by atoms with van der Waals surface area (Å²) >= 11 is 4.55. The Morgan fingerprint density at radius 2 is 2.00 bits per heavy atom. The Balaban J connectivity index is 1.45. The zero-order valence-electron chi connectivity index (χ0n) is 13.7. The lowest BCUT2D eigenvalue weighted by atomic mass is 10.1. The van der Waals surface area contributed by atoms with Gasteiger partial charge in [0.1, 0.15) is 0 Å². The predicted octanol–water partition coefficient (Wildman–Crippen LogP) is 3.41. The third-order valence-corrected chi connectivity index (χ3v) is 5.05. The molecule has 26 heavy (non-hydrogen) atoms. The van der Waals surface area contributed by atoms with Crippen LogP contribution in [0.25, 0.3) is 0 Å². The fourth-order valence-electron chi connectivity index (χ4n) is 2.08. The number of ether oxygens (including phenoxy) is 3. The van der Waals surface area contributed by atoms with Gasteiger partial charge in [-0.05, 0) is 53.2 Å². The molecule has 0 aliphatic carbocycles. The first-order chi connectivity index (χ1) is 12.5.